The second-order valence-corrected chi connectivity index (χ2v) is 3.62. The highest BCUT2D eigenvalue weighted by Crippen LogP contribution is 2.14. The van der Waals surface area contributed by atoms with Crippen LogP contribution in [-0.2, 0) is 0 Å². The van der Waals surface area contributed by atoms with Gasteiger partial charge in [-0.15, -0.1) is 0 Å². The third-order valence-corrected chi connectivity index (χ3v) is 2.50. The van der Waals surface area contributed by atoms with E-state index in [9.17, 15) is 0 Å². The number of hydrogen-bond donors (Lipinski definition) is 1. The van der Waals surface area contributed by atoms with Crippen LogP contribution in [0.15, 0.2) is 18.2 Å². The second kappa shape index (κ2) is 4.98. The molecule has 15 heavy (non-hydrogen) atoms. The highest BCUT2D eigenvalue weighted by Gasteiger charge is 2.14. The Morgan fingerprint density at radius 3 is 3.07 bits per heavy atom. The fourth-order valence-corrected chi connectivity index (χ4v) is 1.67. The van der Waals surface area contributed by atoms with E-state index in [4.69, 9.17) is 9.47 Å². The maximum Gasteiger partial charge on any atom is 0.216 e. The van der Waals surface area contributed by atoms with Gasteiger partial charge in [-0.25, -0.2) is 0 Å². The molecule has 0 aromatic carbocycles. The first kappa shape index (κ1) is 10.2. The molecule has 1 aromatic heterocycles. The quantitative estimate of drug-likeness (QED) is 0.808. The topological polar surface area (TPSA) is 43.4 Å². The summed E-state index contributed by atoms with van der Waals surface area (Å²) in [6, 6.07) is 6.00. The minimum Gasteiger partial charge on any atom is -0.481 e. The molecule has 82 valence electrons. The monoisotopic (exact) mass is 208 g/mol. The molecule has 2 rings (SSSR count). The van der Waals surface area contributed by atoms with Crippen molar-refractivity contribution in [2.24, 2.45) is 0 Å². The van der Waals surface area contributed by atoms with Crippen molar-refractivity contribution < 1.29 is 9.47 Å². The van der Waals surface area contributed by atoms with E-state index in [0.29, 0.717) is 24.4 Å². The molecule has 1 aromatic rings. The summed E-state index contributed by atoms with van der Waals surface area (Å²) in [7, 11) is 1.60. The van der Waals surface area contributed by atoms with Crippen molar-refractivity contribution in [1.82, 2.24) is 10.3 Å². The van der Waals surface area contributed by atoms with Crippen LogP contribution in [0.25, 0.3) is 0 Å². The molecular weight excluding hydrogens is 192 g/mol. The van der Waals surface area contributed by atoms with Gasteiger partial charge in [-0.3, -0.25) is 0 Å². The number of nitrogens with one attached hydrogen (secondary N) is 1. The van der Waals surface area contributed by atoms with E-state index in [2.05, 4.69) is 10.3 Å². The van der Waals surface area contributed by atoms with E-state index in [1.807, 2.05) is 12.1 Å². The molecule has 1 fully saturated rings. The lowest BCUT2D eigenvalue weighted by Gasteiger charge is -2.11. The number of methoxy groups -OCH3 is 1. The Labute approximate surface area is 89.6 Å². The zero-order valence-corrected chi connectivity index (χ0v) is 8.90. The largest absolute Gasteiger partial charge is 0.481 e. The van der Waals surface area contributed by atoms with E-state index in [1.54, 1.807) is 13.2 Å². The molecule has 1 aliphatic heterocycles. The Bertz CT molecular complexity index is 311. The van der Waals surface area contributed by atoms with E-state index in [-0.39, 0.29) is 0 Å². The van der Waals surface area contributed by atoms with Gasteiger partial charge < -0.3 is 14.8 Å². The molecule has 1 N–H and O–H groups in total. The van der Waals surface area contributed by atoms with Crippen molar-refractivity contribution in [1.29, 1.82) is 0 Å². The van der Waals surface area contributed by atoms with E-state index < -0.39 is 0 Å². The molecule has 0 spiro atoms. The maximum atomic E-state index is 5.58. The van der Waals surface area contributed by atoms with Crippen molar-refractivity contribution in [2.75, 3.05) is 20.3 Å². The molecule has 0 aliphatic carbocycles. The van der Waals surface area contributed by atoms with Crippen LogP contribution in [0.2, 0.25) is 0 Å². The number of pyridine rings is 1. The normalized spacial score (nSPS) is 20.2. The number of hydrogen-bond acceptors (Lipinski definition) is 4. The molecule has 0 bridgehead atoms. The zero-order valence-electron chi connectivity index (χ0n) is 8.90. The van der Waals surface area contributed by atoms with Gasteiger partial charge in [0.15, 0.2) is 0 Å². The van der Waals surface area contributed by atoms with Crippen LogP contribution in [0.3, 0.4) is 0 Å². The summed E-state index contributed by atoms with van der Waals surface area (Å²) in [5.41, 5.74) is 0. The third kappa shape index (κ3) is 2.83. The molecule has 1 unspecified atom stereocenters. The van der Waals surface area contributed by atoms with Gasteiger partial charge in [-0.2, -0.15) is 4.98 Å². The number of aromatic nitrogens is 1. The van der Waals surface area contributed by atoms with Gasteiger partial charge in [0, 0.05) is 18.2 Å². The van der Waals surface area contributed by atoms with Gasteiger partial charge in [-0.05, 0) is 19.4 Å². The van der Waals surface area contributed by atoms with Crippen LogP contribution in [0.4, 0.5) is 0 Å². The number of ether oxygens (including phenoxy) is 2. The molecule has 1 aliphatic rings. The van der Waals surface area contributed by atoms with Gasteiger partial charge in [0.2, 0.25) is 11.8 Å². The third-order valence-electron chi connectivity index (χ3n) is 2.50. The first-order valence-corrected chi connectivity index (χ1v) is 5.26. The standard InChI is InChI=1S/C11H16N2O2/c1-14-10-5-2-6-11(13-10)15-8-9-4-3-7-12-9/h2,5-6,9,12H,3-4,7-8H2,1H3. The fraction of sp³-hybridized carbons (Fsp3) is 0.545. The average Bonchev–Trinajstić information content (AvgIpc) is 2.79. The Hall–Kier alpha value is -1.29. The van der Waals surface area contributed by atoms with Gasteiger partial charge in [0.05, 0.1) is 7.11 Å². The lowest BCUT2D eigenvalue weighted by Crippen LogP contribution is -2.28. The molecule has 0 radical (unpaired) electrons. The molecule has 0 amide bonds. The van der Waals surface area contributed by atoms with Crippen molar-refractivity contribution >= 4 is 0 Å². The first-order chi connectivity index (χ1) is 7.38. The SMILES string of the molecule is COc1cccc(OCC2CCCN2)n1. The summed E-state index contributed by atoms with van der Waals surface area (Å²) < 4.78 is 10.6. The zero-order chi connectivity index (χ0) is 10.5. The van der Waals surface area contributed by atoms with Crippen LogP contribution in [0.1, 0.15) is 12.8 Å². The Kier molecular flexibility index (Phi) is 3.40. The minimum atomic E-state index is 0.470. The van der Waals surface area contributed by atoms with Gasteiger partial charge in [-0.1, -0.05) is 6.07 Å². The second-order valence-electron chi connectivity index (χ2n) is 3.62. The Morgan fingerprint density at radius 1 is 1.47 bits per heavy atom. The van der Waals surface area contributed by atoms with E-state index in [0.717, 1.165) is 6.54 Å². The van der Waals surface area contributed by atoms with Crippen LogP contribution < -0.4 is 14.8 Å². The lowest BCUT2D eigenvalue weighted by molar-refractivity contribution is 0.263. The summed E-state index contributed by atoms with van der Waals surface area (Å²) in [5.74, 6) is 1.22. The van der Waals surface area contributed by atoms with Crippen LogP contribution in [-0.4, -0.2) is 31.3 Å². The average molecular weight is 208 g/mol. The van der Waals surface area contributed by atoms with Crippen LogP contribution >= 0.6 is 0 Å². The van der Waals surface area contributed by atoms with Crippen molar-refractivity contribution in [3.05, 3.63) is 18.2 Å². The smallest absolute Gasteiger partial charge is 0.216 e. The van der Waals surface area contributed by atoms with Crippen LogP contribution in [0, 0.1) is 0 Å². The maximum absolute atomic E-state index is 5.58. The molecule has 1 atom stereocenters. The molecule has 4 heteroatoms. The number of nitrogens with zero attached hydrogens (tertiary/aromatic N) is 1. The summed E-state index contributed by atoms with van der Waals surface area (Å²) >= 11 is 0. The summed E-state index contributed by atoms with van der Waals surface area (Å²) in [6.07, 6.45) is 2.42. The van der Waals surface area contributed by atoms with Gasteiger partial charge in [0.25, 0.3) is 0 Å². The highest BCUT2D eigenvalue weighted by atomic mass is 16.5. The van der Waals surface area contributed by atoms with Gasteiger partial charge in [0.1, 0.15) is 6.61 Å². The first-order valence-electron chi connectivity index (χ1n) is 5.26. The molecule has 4 nitrogen and oxygen atoms in total. The highest BCUT2D eigenvalue weighted by molar-refractivity contribution is 5.19. The molecule has 0 saturated carbocycles. The predicted octanol–water partition coefficient (Wildman–Crippen LogP) is 1.22. The van der Waals surface area contributed by atoms with Gasteiger partial charge >= 0.3 is 0 Å². The minimum absolute atomic E-state index is 0.470. The molecule has 2 heterocycles. The van der Waals surface area contributed by atoms with E-state index >= 15 is 0 Å². The fourth-order valence-electron chi connectivity index (χ4n) is 1.67. The summed E-state index contributed by atoms with van der Waals surface area (Å²) in [5, 5.41) is 3.37. The van der Waals surface area contributed by atoms with Crippen molar-refractivity contribution in [3.8, 4) is 11.8 Å². The Morgan fingerprint density at radius 2 is 2.33 bits per heavy atom. The molecular formula is C11H16N2O2. The molecule has 1 saturated heterocycles. The van der Waals surface area contributed by atoms with E-state index in [1.165, 1.54) is 12.8 Å². The summed E-state index contributed by atoms with van der Waals surface area (Å²) in [6.45, 7) is 1.78. The summed E-state index contributed by atoms with van der Waals surface area (Å²) in [4.78, 5) is 4.18. The Balaban J connectivity index is 1.86. The van der Waals surface area contributed by atoms with Crippen LogP contribution in [0.5, 0.6) is 11.8 Å². The van der Waals surface area contributed by atoms with Crippen molar-refractivity contribution in [2.45, 2.75) is 18.9 Å². The predicted molar refractivity (Wildman–Crippen MR) is 57.3 cm³/mol. The lowest BCUT2D eigenvalue weighted by atomic mass is 10.2. The van der Waals surface area contributed by atoms with Crippen molar-refractivity contribution in [3.63, 3.8) is 0 Å². The number of rotatable bonds is 4.